The predicted octanol–water partition coefficient (Wildman–Crippen LogP) is 3.04. The second kappa shape index (κ2) is 10.6. The van der Waals surface area contributed by atoms with Gasteiger partial charge in [-0.1, -0.05) is 49.6 Å². The number of aliphatic hydroxyl groups is 1. The Morgan fingerprint density at radius 3 is 2.56 bits per heavy atom. The summed E-state index contributed by atoms with van der Waals surface area (Å²) < 4.78 is 6.31. The fourth-order valence-corrected chi connectivity index (χ4v) is 5.55. The molecule has 1 amide bonds. The van der Waals surface area contributed by atoms with E-state index in [-0.39, 0.29) is 31.0 Å². The number of aromatic nitrogens is 2. The van der Waals surface area contributed by atoms with Crippen LogP contribution in [0, 0.1) is 5.92 Å². The first-order valence-corrected chi connectivity index (χ1v) is 12.3. The van der Waals surface area contributed by atoms with Crippen molar-refractivity contribution >= 4 is 17.7 Å². The van der Waals surface area contributed by atoms with E-state index >= 15 is 0 Å². The zero-order valence-corrected chi connectivity index (χ0v) is 19.9. The predicted molar refractivity (Wildman–Crippen MR) is 127 cm³/mol. The van der Waals surface area contributed by atoms with Gasteiger partial charge in [-0.15, -0.1) is 5.10 Å². The average Bonchev–Trinajstić information content (AvgIpc) is 3.23. The highest BCUT2D eigenvalue weighted by molar-refractivity contribution is 5.90. The summed E-state index contributed by atoms with van der Waals surface area (Å²) in [5, 5.41) is 22.2. The molecule has 4 rings (SSSR count). The molecule has 1 aromatic heterocycles. The van der Waals surface area contributed by atoms with Gasteiger partial charge in [-0.3, -0.25) is 4.79 Å². The van der Waals surface area contributed by atoms with Crippen LogP contribution in [-0.2, 0) is 19.9 Å². The molecule has 2 N–H and O–H groups in total. The van der Waals surface area contributed by atoms with Gasteiger partial charge in [0, 0.05) is 25.0 Å². The Balaban J connectivity index is 1.43. The summed E-state index contributed by atoms with van der Waals surface area (Å²) >= 11 is 0. The van der Waals surface area contributed by atoms with Crippen LogP contribution < -0.4 is 5.32 Å². The number of benzene rings is 1. The number of likely N-dealkylation sites (N-methyl/N-ethyl adjacent to an activating group) is 1. The maximum Gasteiger partial charge on any atom is 0.343 e. The van der Waals surface area contributed by atoms with Gasteiger partial charge in [0.05, 0.1) is 13.6 Å². The molecule has 1 aliphatic carbocycles. The number of nitrogens with zero attached hydrogens (tertiary/aromatic N) is 3. The molecule has 2 aromatic rings. The van der Waals surface area contributed by atoms with Crippen LogP contribution in [0.25, 0.3) is 0 Å². The molecule has 8 heteroatoms. The van der Waals surface area contributed by atoms with Crippen molar-refractivity contribution in [1.29, 1.82) is 0 Å². The van der Waals surface area contributed by atoms with Crippen LogP contribution in [0.15, 0.2) is 48.7 Å². The summed E-state index contributed by atoms with van der Waals surface area (Å²) in [7, 11) is 2.02. The molecule has 0 bridgehead atoms. The number of nitrogens with one attached hydrogen (secondary N) is 1. The molecule has 1 saturated carbocycles. The van der Waals surface area contributed by atoms with Gasteiger partial charge in [-0.2, -0.15) is 5.10 Å². The molecule has 34 heavy (non-hydrogen) atoms. The summed E-state index contributed by atoms with van der Waals surface area (Å²) in [4.78, 5) is 26.1. The Labute approximate surface area is 200 Å². The van der Waals surface area contributed by atoms with Gasteiger partial charge in [0.25, 0.3) is 5.91 Å². The molecule has 2 fully saturated rings. The third kappa shape index (κ3) is 5.28. The van der Waals surface area contributed by atoms with Crippen molar-refractivity contribution in [3.05, 3.63) is 54.2 Å². The lowest BCUT2D eigenvalue weighted by atomic mass is 9.73. The van der Waals surface area contributed by atoms with Crippen LogP contribution in [0.4, 0.5) is 5.82 Å². The molecule has 1 aromatic carbocycles. The third-order valence-electron chi connectivity index (χ3n) is 7.56. The third-order valence-corrected chi connectivity index (χ3v) is 7.56. The van der Waals surface area contributed by atoms with Crippen LogP contribution in [0.1, 0.15) is 50.5 Å². The first kappa shape index (κ1) is 24.3. The number of ether oxygens (including phenoxy) is 1. The number of hydrogen-bond acceptors (Lipinski definition) is 6. The van der Waals surface area contributed by atoms with Crippen molar-refractivity contribution in [2.45, 2.75) is 56.6 Å². The number of amides is 1. The molecule has 1 saturated heterocycles. The number of carbonyl (C=O) groups is 2. The minimum Gasteiger partial charge on any atom is -0.457 e. The van der Waals surface area contributed by atoms with Crippen molar-refractivity contribution in [3.8, 4) is 0 Å². The van der Waals surface area contributed by atoms with Gasteiger partial charge in [0.2, 0.25) is 0 Å². The minimum atomic E-state index is -1.65. The minimum absolute atomic E-state index is 0.0112. The highest BCUT2D eigenvalue weighted by Crippen LogP contribution is 2.40. The lowest BCUT2D eigenvalue weighted by Gasteiger charge is -2.38. The number of likely N-dealkylation sites (tertiary alicyclic amines) is 1. The maximum atomic E-state index is 13.4. The number of rotatable bonds is 8. The van der Waals surface area contributed by atoms with E-state index in [4.69, 9.17) is 4.74 Å². The fourth-order valence-electron chi connectivity index (χ4n) is 5.55. The first-order valence-electron chi connectivity index (χ1n) is 12.3. The lowest BCUT2D eigenvalue weighted by Crippen LogP contribution is -2.54. The molecule has 2 aliphatic rings. The van der Waals surface area contributed by atoms with Crippen LogP contribution >= 0.6 is 0 Å². The summed E-state index contributed by atoms with van der Waals surface area (Å²) in [6, 6.07) is 12.6. The van der Waals surface area contributed by atoms with Crippen molar-refractivity contribution in [2.75, 3.05) is 32.1 Å². The Hall–Kier alpha value is -2.84. The Morgan fingerprint density at radius 2 is 1.85 bits per heavy atom. The quantitative estimate of drug-likeness (QED) is 0.457. The monoisotopic (exact) mass is 467 g/mol. The highest BCUT2D eigenvalue weighted by Gasteiger charge is 2.48. The topological polar surface area (TPSA) is 101 Å². The molecule has 182 valence electrons. The number of esters is 1. The van der Waals surface area contributed by atoms with Crippen LogP contribution in [0.2, 0.25) is 0 Å². The number of quaternary nitrogens is 1. The van der Waals surface area contributed by atoms with E-state index in [2.05, 4.69) is 15.5 Å². The van der Waals surface area contributed by atoms with Crippen molar-refractivity contribution in [1.82, 2.24) is 10.2 Å². The molecular formula is C26H35N4O4+. The molecule has 8 nitrogen and oxygen atoms in total. The van der Waals surface area contributed by atoms with Gasteiger partial charge in [0.1, 0.15) is 12.6 Å². The Kier molecular flexibility index (Phi) is 7.58. The van der Waals surface area contributed by atoms with Crippen molar-refractivity contribution in [2.24, 2.45) is 5.92 Å². The molecule has 2 heterocycles. The maximum absolute atomic E-state index is 13.4. The molecule has 1 aliphatic heterocycles. The fraction of sp³-hybridized carbons (Fsp3) is 0.538. The van der Waals surface area contributed by atoms with E-state index in [0.717, 1.165) is 51.5 Å². The van der Waals surface area contributed by atoms with Gasteiger partial charge >= 0.3 is 5.97 Å². The molecule has 0 spiro atoms. The zero-order valence-electron chi connectivity index (χ0n) is 19.9. The molecule has 0 radical (unpaired) electrons. The van der Waals surface area contributed by atoms with Crippen LogP contribution in [-0.4, -0.2) is 64.4 Å². The Bertz CT molecular complexity index is 967. The molecular weight excluding hydrogens is 432 g/mol. The normalized spacial score (nSPS) is 24.8. The summed E-state index contributed by atoms with van der Waals surface area (Å²) in [5.41, 5.74) is -1.05. The van der Waals surface area contributed by atoms with E-state index in [1.54, 1.807) is 18.3 Å². The number of anilines is 1. The Morgan fingerprint density at radius 1 is 1.09 bits per heavy atom. The average molecular weight is 468 g/mol. The van der Waals surface area contributed by atoms with E-state index < -0.39 is 11.6 Å². The van der Waals surface area contributed by atoms with Crippen LogP contribution in [0.3, 0.4) is 0 Å². The standard InChI is InChI=1S/C26H34N4O4/c1-30(18-24(31)28-23-15-8-16-27-29-23)17-9-14-22(30)19-34-25(32)26(33,20-10-4-2-5-11-20)21-12-6-3-7-13-21/h2,4-5,8,10-11,15-16,21-22,33H,3,6-7,9,12-14,17-19H2,1H3/p+1. The smallest absolute Gasteiger partial charge is 0.343 e. The van der Waals surface area contributed by atoms with E-state index in [1.165, 1.54) is 0 Å². The zero-order chi connectivity index (χ0) is 24.0. The second-order valence-electron chi connectivity index (χ2n) is 9.88. The summed E-state index contributed by atoms with van der Waals surface area (Å²) in [5.74, 6) is -0.461. The van der Waals surface area contributed by atoms with E-state index in [9.17, 15) is 14.7 Å². The number of hydrogen-bond donors (Lipinski definition) is 2. The SMILES string of the molecule is C[N+]1(CC(=O)Nc2cccnn2)CCCC1COC(=O)C(O)(c1ccccc1)C1CCCCC1. The lowest BCUT2D eigenvalue weighted by molar-refractivity contribution is -0.913. The van der Waals surface area contributed by atoms with Crippen molar-refractivity contribution in [3.63, 3.8) is 0 Å². The second-order valence-corrected chi connectivity index (χ2v) is 9.88. The van der Waals surface area contributed by atoms with Crippen molar-refractivity contribution < 1.29 is 23.9 Å². The largest absolute Gasteiger partial charge is 0.457 e. The van der Waals surface area contributed by atoms with Gasteiger partial charge in [-0.25, -0.2) is 4.79 Å². The van der Waals surface area contributed by atoms with Gasteiger partial charge < -0.3 is 19.6 Å². The highest BCUT2D eigenvalue weighted by atomic mass is 16.6. The first-order chi connectivity index (χ1) is 16.4. The van der Waals surface area contributed by atoms with Gasteiger partial charge in [0.15, 0.2) is 18.0 Å². The van der Waals surface area contributed by atoms with E-state index in [1.807, 2.05) is 37.4 Å². The number of carbonyl (C=O) groups excluding carboxylic acids is 2. The summed E-state index contributed by atoms with van der Waals surface area (Å²) in [6.07, 6.45) is 8.11. The summed E-state index contributed by atoms with van der Waals surface area (Å²) in [6.45, 7) is 1.25. The van der Waals surface area contributed by atoms with Gasteiger partial charge in [-0.05, 0) is 30.5 Å². The van der Waals surface area contributed by atoms with Crippen LogP contribution in [0.5, 0.6) is 0 Å². The molecule has 3 unspecified atom stereocenters. The van der Waals surface area contributed by atoms with E-state index in [0.29, 0.717) is 15.9 Å². The molecule has 3 atom stereocenters.